The van der Waals surface area contributed by atoms with Gasteiger partial charge >= 0.3 is 0 Å². The van der Waals surface area contributed by atoms with E-state index < -0.39 is 10.0 Å². The van der Waals surface area contributed by atoms with E-state index >= 15 is 0 Å². The molecule has 0 bridgehead atoms. The molecule has 1 aromatic rings. The second kappa shape index (κ2) is 6.36. The summed E-state index contributed by atoms with van der Waals surface area (Å²) in [7, 11) is -1.49. The fourth-order valence-electron chi connectivity index (χ4n) is 3.37. The minimum atomic E-state index is -3.40. The molecular formula is C16H20N6O3S. The van der Waals surface area contributed by atoms with Crippen LogP contribution in [-0.2, 0) is 21.9 Å². The molecule has 0 aliphatic carbocycles. The summed E-state index contributed by atoms with van der Waals surface area (Å²) in [6.07, 6.45) is 8.50. The van der Waals surface area contributed by atoms with E-state index in [1.54, 1.807) is 29.4 Å². The first kappa shape index (κ1) is 17.0. The number of hydrogen-bond donors (Lipinski definition) is 1. The third-order valence-corrected chi connectivity index (χ3v) is 5.90. The number of aromatic nitrogens is 2. The summed E-state index contributed by atoms with van der Waals surface area (Å²) in [5, 5.41) is 3.31. The number of hydrogen-bond acceptors (Lipinski definition) is 6. The Hall–Kier alpha value is -2.46. The maximum Gasteiger partial charge on any atom is 0.256 e. The predicted molar refractivity (Wildman–Crippen MR) is 95.7 cm³/mol. The molecule has 3 aliphatic rings. The zero-order valence-corrected chi connectivity index (χ0v) is 15.2. The van der Waals surface area contributed by atoms with Gasteiger partial charge in [-0.05, 0) is 12.2 Å². The summed E-state index contributed by atoms with van der Waals surface area (Å²) in [6.45, 7) is 2.24. The number of nitrogens with zero attached hydrogens (tertiary/aromatic N) is 5. The average molecular weight is 376 g/mol. The number of piperazine rings is 1. The number of nitrogens with one attached hydrogen (secondary N) is 1. The molecule has 1 fully saturated rings. The van der Waals surface area contributed by atoms with Crippen molar-refractivity contribution in [3.05, 3.63) is 42.1 Å². The Bertz CT molecular complexity index is 930. The third kappa shape index (κ3) is 3.06. The van der Waals surface area contributed by atoms with Crippen molar-refractivity contribution in [2.45, 2.75) is 6.04 Å². The van der Waals surface area contributed by atoms with Gasteiger partial charge in [0.15, 0.2) is 0 Å². The van der Waals surface area contributed by atoms with Crippen LogP contribution in [0.15, 0.2) is 40.7 Å². The molecule has 0 radical (unpaired) electrons. The lowest BCUT2D eigenvalue weighted by Crippen LogP contribution is -2.50. The zero-order valence-electron chi connectivity index (χ0n) is 14.4. The minimum Gasteiger partial charge on any atom is -0.336 e. The van der Waals surface area contributed by atoms with E-state index in [4.69, 9.17) is 0 Å². The number of rotatable bonds is 2. The first-order chi connectivity index (χ1) is 12.4. The Kier molecular flexibility index (Phi) is 4.16. The van der Waals surface area contributed by atoms with Crippen molar-refractivity contribution >= 4 is 21.8 Å². The van der Waals surface area contributed by atoms with E-state index in [9.17, 15) is 13.2 Å². The first-order valence-corrected chi connectivity index (χ1v) is 10.0. The van der Waals surface area contributed by atoms with Gasteiger partial charge in [0.05, 0.1) is 11.3 Å². The lowest BCUT2D eigenvalue weighted by Gasteiger charge is -2.37. The van der Waals surface area contributed by atoms with Crippen molar-refractivity contribution < 1.29 is 13.2 Å². The Morgan fingerprint density at radius 1 is 1.31 bits per heavy atom. The fourth-order valence-corrected chi connectivity index (χ4v) is 4.34. The van der Waals surface area contributed by atoms with Gasteiger partial charge in [0, 0.05) is 51.8 Å². The molecular weight excluding hydrogens is 356 g/mol. The molecule has 138 valence electrons. The van der Waals surface area contributed by atoms with Crippen LogP contribution in [0.1, 0.15) is 11.9 Å². The van der Waals surface area contributed by atoms with Gasteiger partial charge in [0.2, 0.25) is 0 Å². The molecule has 1 amide bonds. The monoisotopic (exact) mass is 376 g/mol. The van der Waals surface area contributed by atoms with Gasteiger partial charge in [-0.1, -0.05) is 0 Å². The van der Waals surface area contributed by atoms with E-state index in [2.05, 4.69) is 14.7 Å². The molecule has 4 rings (SSSR count). The van der Waals surface area contributed by atoms with Crippen LogP contribution in [-0.4, -0.2) is 71.4 Å². The minimum absolute atomic E-state index is 0.0498. The lowest BCUT2D eigenvalue weighted by molar-refractivity contribution is -0.130. The third-order valence-electron chi connectivity index (χ3n) is 4.73. The molecule has 1 N–H and O–H groups in total. The van der Waals surface area contributed by atoms with Crippen molar-refractivity contribution in [2.24, 2.45) is 11.4 Å². The van der Waals surface area contributed by atoms with Crippen LogP contribution < -0.4 is 5.32 Å². The van der Waals surface area contributed by atoms with Gasteiger partial charge in [-0.3, -0.25) is 4.79 Å². The molecule has 26 heavy (non-hydrogen) atoms. The summed E-state index contributed by atoms with van der Waals surface area (Å²) < 4.78 is 28.9. The molecule has 9 nitrogen and oxygen atoms in total. The van der Waals surface area contributed by atoms with E-state index in [0.29, 0.717) is 31.0 Å². The number of amidine groups is 1. The van der Waals surface area contributed by atoms with Crippen LogP contribution in [0, 0.1) is 0 Å². The molecule has 0 spiro atoms. The van der Waals surface area contributed by atoms with Gasteiger partial charge in [-0.2, -0.15) is 0 Å². The van der Waals surface area contributed by atoms with Crippen LogP contribution >= 0.6 is 0 Å². The molecule has 0 aromatic carbocycles. The Morgan fingerprint density at radius 2 is 2.15 bits per heavy atom. The van der Waals surface area contributed by atoms with Gasteiger partial charge in [0.25, 0.3) is 15.9 Å². The van der Waals surface area contributed by atoms with Crippen LogP contribution in [0.2, 0.25) is 0 Å². The van der Waals surface area contributed by atoms with E-state index in [1.807, 2.05) is 22.7 Å². The van der Waals surface area contributed by atoms with Crippen molar-refractivity contribution in [3.8, 4) is 0 Å². The van der Waals surface area contributed by atoms with Crippen LogP contribution in [0.25, 0.3) is 0 Å². The number of carbonyl (C=O) groups is 1. The number of carbonyl (C=O) groups excluding carboxylic acids is 1. The second-order valence-electron chi connectivity index (χ2n) is 6.46. The molecule has 1 saturated heterocycles. The first-order valence-electron chi connectivity index (χ1n) is 8.43. The Morgan fingerprint density at radius 3 is 2.92 bits per heavy atom. The van der Waals surface area contributed by atoms with Crippen molar-refractivity contribution in [2.75, 3.05) is 31.9 Å². The SMILES string of the molecule is Cn1ccnc1C1CNCCN1C(=O)C1=CN2CCS(=O)(=O)N=C2C=C1. The molecule has 1 unspecified atom stereocenters. The predicted octanol–water partition coefficient (Wildman–Crippen LogP) is -0.609. The van der Waals surface area contributed by atoms with Crippen molar-refractivity contribution in [3.63, 3.8) is 0 Å². The topological polar surface area (TPSA) is 99.9 Å². The number of aryl methyl sites for hydroxylation is 1. The largest absolute Gasteiger partial charge is 0.336 e. The lowest BCUT2D eigenvalue weighted by atomic mass is 10.1. The summed E-state index contributed by atoms with van der Waals surface area (Å²) in [6, 6.07) is -0.151. The molecule has 4 heterocycles. The van der Waals surface area contributed by atoms with Gasteiger partial charge in [0.1, 0.15) is 17.7 Å². The highest BCUT2D eigenvalue weighted by molar-refractivity contribution is 7.90. The quantitative estimate of drug-likeness (QED) is 0.739. The van der Waals surface area contributed by atoms with E-state index in [-0.39, 0.29) is 17.7 Å². The van der Waals surface area contributed by atoms with Crippen LogP contribution in [0.5, 0.6) is 0 Å². The molecule has 1 atom stereocenters. The maximum atomic E-state index is 13.1. The highest BCUT2D eigenvalue weighted by Gasteiger charge is 2.33. The summed E-state index contributed by atoms with van der Waals surface area (Å²) in [5.74, 6) is 1.04. The van der Waals surface area contributed by atoms with Gasteiger partial charge in [-0.25, -0.2) is 13.4 Å². The normalized spacial score (nSPS) is 24.7. The van der Waals surface area contributed by atoms with E-state index in [1.165, 1.54) is 0 Å². The fraction of sp³-hybridized carbons (Fsp3) is 0.438. The molecule has 0 saturated carbocycles. The van der Waals surface area contributed by atoms with Crippen molar-refractivity contribution in [1.29, 1.82) is 0 Å². The van der Waals surface area contributed by atoms with Gasteiger partial charge in [-0.15, -0.1) is 4.40 Å². The number of amides is 1. The molecule has 10 heteroatoms. The average Bonchev–Trinajstić information content (AvgIpc) is 3.06. The number of sulfonamides is 1. The smallest absolute Gasteiger partial charge is 0.256 e. The number of imidazole rings is 1. The highest BCUT2D eigenvalue weighted by Crippen LogP contribution is 2.24. The van der Waals surface area contributed by atoms with Crippen LogP contribution in [0.3, 0.4) is 0 Å². The summed E-state index contributed by atoms with van der Waals surface area (Å²) in [5.41, 5.74) is 0.518. The van der Waals surface area contributed by atoms with E-state index in [0.717, 1.165) is 12.4 Å². The number of fused-ring (bicyclic) bond motifs is 1. The van der Waals surface area contributed by atoms with Gasteiger partial charge < -0.3 is 19.7 Å². The molecule has 3 aliphatic heterocycles. The summed E-state index contributed by atoms with van der Waals surface area (Å²) >= 11 is 0. The second-order valence-corrected chi connectivity index (χ2v) is 8.22. The maximum absolute atomic E-state index is 13.1. The molecule has 1 aromatic heterocycles. The Labute approximate surface area is 151 Å². The standard InChI is InChI=1S/C16H20N6O3S/c1-20-6-5-18-15(20)13-10-17-4-7-22(13)16(23)12-2-3-14-19-26(24,25)9-8-21(14)11-12/h2-3,5-6,11,13,17H,4,7-10H2,1H3. The summed E-state index contributed by atoms with van der Waals surface area (Å²) in [4.78, 5) is 21.1. The zero-order chi connectivity index (χ0) is 18.3. The Balaban J connectivity index is 1.60. The van der Waals surface area contributed by atoms with Crippen molar-refractivity contribution in [1.82, 2.24) is 24.7 Å². The highest BCUT2D eigenvalue weighted by atomic mass is 32.2. The van der Waals surface area contributed by atoms with Crippen LogP contribution in [0.4, 0.5) is 0 Å².